The Hall–Kier alpha value is -1.62. The van der Waals surface area contributed by atoms with Gasteiger partial charge in [0, 0.05) is 57.5 Å². The second-order valence-corrected chi connectivity index (χ2v) is 10.0. The highest BCUT2D eigenvalue weighted by Crippen LogP contribution is 2.36. The minimum absolute atomic E-state index is 0. The van der Waals surface area contributed by atoms with Crippen LogP contribution in [0.5, 0.6) is 0 Å². The third-order valence-corrected chi connectivity index (χ3v) is 8.64. The Morgan fingerprint density at radius 1 is 1.27 bits per heavy atom. The van der Waals surface area contributed by atoms with Gasteiger partial charge >= 0.3 is 0 Å². The summed E-state index contributed by atoms with van der Waals surface area (Å²) in [5.41, 5.74) is 2.67. The Labute approximate surface area is 179 Å². The van der Waals surface area contributed by atoms with Gasteiger partial charge < -0.3 is 4.74 Å². The third kappa shape index (κ3) is 4.82. The summed E-state index contributed by atoms with van der Waals surface area (Å²) in [7, 11) is -3.94. The number of piperidine rings is 1. The molecular weight excluding hydrogens is 408 g/mol. The van der Waals surface area contributed by atoms with Crippen molar-refractivity contribution < 1.29 is 23.2 Å². The van der Waals surface area contributed by atoms with Crippen molar-refractivity contribution in [3.63, 3.8) is 0 Å². The van der Waals surface area contributed by atoms with Crippen molar-refractivity contribution >= 4 is 15.9 Å². The van der Waals surface area contributed by atoms with Gasteiger partial charge in [-0.05, 0) is 31.2 Å². The van der Waals surface area contributed by atoms with Gasteiger partial charge in [0.1, 0.15) is 5.82 Å². The zero-order chi connectivity index (χ0) is 20.9. The van der Waals surface area contributed by atoms with Crippen molar-refractivity contribution in [2.24, 2.45) is 0 Å². The molecule has 1 aromatic heterocycles. The molecule has 3 heterocycles. The molecule has 0 atom stereocenters. The van der Waals surface area contributed by atoms with Gasteiger partial charge in [0.05, 0.1) is 0 Å². The maximum absolute atomic E-state index is 13.3. The number of nitrogens with one attached hydrogen (secondary N) is 1. The van der Waals surface area contributed by atoms with Gasteiger partial charge in [-0.2, -0.15) is 0 Å². The molecule has 1 amide bonds. The largest absolute Gasteiger partial charge is 0.381 e. The summed E-state index contributed by atoms with van der Waals surface area (Å²) in [6.45, 7) is 3.08. The number of rotatable bonds is 7. The first kappa shape index (κ1) is 24.6. The van der Waals surface area contributed by atoms with Gasteiger partial charge in [0.2, 0.25) is 10.0 Å². The maximum Gasteiger partial charge on any atom is 0.266 e. The SMILES string of the molecule is C.CCCCc1cnc(C2CCN(S(=O)(=O)C3(C(=O)NO)CCOCC3)CC2)nc1. The topological polar surface area (TPSA) is 122 Å². The van der Waals surface area contributed by atoms with Crippen LogP contribution < -0.4 is 5.48 Å². The number of carbonyl (C=O) groups is 1. The van der Waals surface area contributed by atoms with E-state index >= 15 is 0 Å². The predicted octanol–water partition coefficient (Wildman–Crippen LogP) is 2.02. The van der Waals surface area contributed by atoms with Gasteiger partial charge in [-0.3, -0.25) is 10.0 Å². The molecule has 2 aliphatic rings. The summed E-state index contributed by atoms with van der Waals surface area (Å²) < 4.78 is 31.6. The molecule has 9 nitrogen and oxygen atoms in total. The number of unbranched alkanes of at least 4 members (excludes halogenated alkanes) is 1. The molecule has 0 saturated carbocycles. The number of hydroxylamine groups is 1. The lowest BCUT2D eigenvalue weighted by Gasteiger charge is -2.40. The zero-order valence-electron chi connectivity index (χ0n) is 16.8. The van der Waals surface area contributed by atoms with Crippen LogP contribution in [0.1, 0.15) is 70.2 Å². The zero-order valence-corrected chi connectivity index (χ0v) is 17.7. The standard InChI is InChI=1S/C19H30N4O5S.CH4/c1-2-3-4-15-13-20-17(21-14-15)16-5-9-23(10-6-16)29(26,27)19(18(24)22-25)7-11-28-12-8-19;/h13-14,16,25H,2-12H2,1H3,(H,22,24);1H4. The van der Waals surface area contributed by atoms with E-state index in [1.54, 1.807) is 5.48 Å². The fourth-order valence-electron chi connectivity index (χ4n) is 4.09. The molecule has 0 aliphatic carbocycles. The second kappa shape index (κ2) is 10.6. The molecule has 170 valence electrons. The molecule has 0 unspecified atom stereocenters. The molecule has 3 rings (SSSR count). The molecule has 2 saturated heterocycles. The molecule has 2 aliphatic heterocycles. The average molecular weight is 443 g/mol. The highest BCUT2D eigenvalue weighted by molar-refractivity contribution is 7.91. The fourth-order valence-corrected chi connectivity index (χ4v) is 6.24. The fraction of sp³-hybridized carbons (Fsp3) is 0.750. The summed E-state index contributed by atoms with van der Waals surface area (Å²) in [5, 5.41) is 9.14. The van der Waals surface area contributed by atoms with Crippen LogP contribution in [0.25, 0.3) is 0 Å². The monoisotopic (exact) mass is 442 g/mol. The minimum Gasteiger partial charge on any atom is -0.381 e. The van der Waals surface area contributed by atoms with Crippen molar-refractivity contribution in [2.75, 3.05) is 26.3 Å². The normalized spacial score (nSPS) is 20.3. The van der Waals surface area contributed by atoms with Crippen molar-refractivity contribution in [3.05, 3.63) is 23.8 Å². The molecule has 1 aromatic rings. The first-order valence-corrected chi connectivity index (χ1v) is 11.7. The lowest BCUT2D eigenvalue weighted by Crippen LogP contribution is -2.60. The molecule has 0 bridgehead atoms. The highest BCUT2D eigenvalue weighted by atomic mass is 32.2. The van der Waals surface area contributed by atoms with Gasteiger partial charge in [0.15, 0.2) is 4.75 Å². The van der Waals surface area contributed by atoms with E-state index in [1.165, 1.54) is 4.31 Å². The molecule has 2 fully saturated rings. The first-order chi connectivity index (χ1) is 13.9. The first-order valence-electron chi connectivity index (χ1n) is 10.3. The van der Waals surface area contributed by atoms with Crippen LogP contribution in [-0.4, -0.2) is 64.9 Å². The van der Waals surface area contributed by atoms with E-state index in [9.17, 15) is 13.2 Å². The number of hydrogen-bond acceptors (Lipinski definition) is 7. The van der Waals surface area contributed by atoms with Gasteiger partial charge in [-0.1, -0.05) is 20.8 Å². The molecular formula is C20H34N4O5S. The van der Waals surface area contributed by atoms with Gasteiger partial charge in [0.25, 0.3) is 5.91 Å². The van der Waals surface area contributed by atoms with E-state index in [1.807, 2.05) is 12.4 Å². The van der Waals surface area contributed by atoms with E-state index in [2.05, 4.69) is 16.9 Å². The van der Waals surface area contributed by atoms with Crippen molar-refractivity contribution in [3.8, 4) is 0 Å². The number of hydrogen-bond donors (Lipinski definition) is 2. The van der Waals surface area contributed by atoms with Crippen molar-refractivity contribution in [1.82, 2.24) is 19.8 Å². The Kier molecular flexibility index (Phi) is 8.72. The van der Waals surface area contributed by atoms with E-state index in [-0.39, 0.29) is 39.4 Å². The van der Waals surface area contributed by atoms with Crippen molar-refractivity contribution in [1.29, 1.82) is 0 Å². The number of aromatic nitrogens is 2. The van der Waals surface area contributed by atoms with Crippen molar-refractivity contribution in [2.45, 2.75) is 70.0 Å². The van der Waals surface area contributed by atoms with Crippen LogP contribution in [0, 0.1) is 0 Å². The van der Waals surface area contributed by atoms with Gasteiger partial charge in [-0.15, -0.1) is 0 Å². The summed E-state index contributed by atoms with van der Waals surface area (Å²) in [6.07, 6.45) is 8.18. The number of ether oxygens (including phenoxy) is 1. The number of aryl methyl sites for hydroxylation is 1. The lowest BCUT2D eigenvalue weighted by atomic mass is 9.97. The quantitative estimate of drug-likeness (QED) is 0.489. The minimum atomic E-state index is -3.94. The van der Waals surface area contributed by atoms with Crippen LogP contribution in [0.4, 0.5) is 0 Å². The number of nitrogens with zero attached hydrogens (tertiary/aromatic N) is 3. The summed E-state index contributed by atoms with van der Waals surface area (Å²) >= 11 is 0. The Morgan fingerprint density at radius 2 is 1.87 bits per heavy atom. The van der Waals surface area contributed by atoms with E-state index in [4.69, 9.17) is 9.94 Å². The summed E-state index contributed by atoms with van der Waals surface area (Å²) in [4.78, 5) is 21.3. The lowest BCUT2D eigenvalue weighted by molar-refractivity contribution is -0.134. The van der Waals surface area contributed by atoms with E-state index < -0.39 is 20.7 Å². The predicted molar refractivity (Wildman–Crippen MR) is 113 cm³/mol. The van der Waals surface area contributed by atoms with Crippen LogP contribution >= 0.6 is 0 Å². The Bertz CT molecular complexity index is 786. The van der Waals surface area contributed by atoms with Crippen LogP contribution in [0.3, 0.4) is 0 Å². The smallest absolute Gasteiger partial charge is 0.266 e. The molecule has 30 heavy (non-hydrogen) atoms. The summed E-state index contributed by atoms with van der Waals surface area (Å²) in [5.74, 6) is -0.0379. The van der Waals surface area contributed by atoms with Crippen LogP contribution in [0.15, 0.2) is 12.4 Å². The Morgan fingerprint density at radius 3 is 2.40 bits per heavy atom. The molecule has 0 spiro atoms. The molecule has 0 radical (unpaired) electrons. The van der Waals surface area contributed by atoms with Crippen LogP contribution in [0.2, 0.25) is 0 Å². The van der Waals surface area contributed by atoms with Gasteiger partial charge in [-0.25, -0.2) is 28.2 Å². The van der Waals surface area contributed by atoms with E-state index in [0.29, 0.717) is 25.9 Å². The van der Waals surface area contributed by atoms with Crippen LogP contribution in [-0.2, 0) is 26.0 Å². The summed E-state index contributed by atoms with van der Waals surface area (Å²) in [6, 6.07) is 0. The number of amides is 1. The Balaban J connectivity index is 0.00000320. The molecule has 10 heteroatoms. The molecule has 0 aromatic carbocycles. The maximum atomic E-state index is 13.3. The third-order valence-electron chi connectivity index (χ3n) is 6.01. The second-order valence-electron chi connectivity index (χ2n) is 7.78. The number of carbonyl (C=O) groups excluding carboxylic acids is 1. The highest BCUT2D eigenvalue weighted by Gasteiger charge is 2.54. The average Bonchev–Trinajstić information content (AvgIpc) is 2.78. The molecule has 2 N–H and O–H groups in total. The van der Waals surface area contributed by atoms with E-state index in [0.717, 1.165) is 30.7 Å². The number of sulfonamides is 1.